The fraction of sp³-hybridized carbons (Fsp3) is 0.794. The van der Waals surface area contributed by atoms with Crippen LogP contribution in [0.25, 0.3) is 0 Å². The lowest BCUT2D eigenvalue weighted by Gasteiger charge is -2.59. The fourth-order valence-electron chi connectivity index (χ4n) is 7.47. The van der Waals surface area contributed by atoms with Crippen LogP contribution in [0.4, 0.5) is 0 Å². The van der Waals surface area contributed by atoms with Gasteiger partial charge < -0.3 is 8.85 Å². The molecule has 2 fully saturated rings. The first-order valence-electron chi connectivity index (χ1n) is 15.7. The molecule has 40 heavy (non-hydrogen) atoms. The molecule has 4 rings (SSSR count). The Balaban J connectivity index is 1.71. The maximum atomic E-state index is 11.8. The number of hydrogen-bond donors (Lipinski definition) is 0. The molecule has 2 unspecified atom stereocenters. The SMILES string of the molecule is CC(=O)SCC1=CC[C@H]2C3=CC=C4CC(O[Si](C)(C)C(C)(C)C)CC(O[Si](C)(C)C(C)(C)C)[C@]4(C)[C@H]3CC[C@]12C. The van der Waals surface area contributed by atoms with Crippen LogP contribution in [0.3, 0.4) is 0 Å². The Hall–Kier alpha value is -0.406. The molecule has 0 N–H and O–H groups in total. The molecule has 0 saturated heterocycles. The number of thioether (sulfide) groups is 1. The molecular weight excluding hydrogens is 545 g/mol. The number of rotatable bonds is 6. The molecule has 226 valence electrons. The first-order valence-corrected chi connectivity index (χ1v) is 22.5. The normalized spacial score (nSPS) is 34.8. The summed E-state index contributed by atoms with van der Waals surface area (Å²) in [6.45, 7) is 30.5. The standard InChI is InChI=1S/C34H58O3SSi2/c1-23(35)38-22-25-15-17-28-27-16-14-24-20-26(36-39(10,11)31(2,3)4)21-30(37-40(12,13)32(5,6)7)34(24,9)29(27)18-19-33(25,28)8/h14-16,26,28-30H,17-22H2,1-13H3/t26?,28-,29-,30?,33+,34-/m0/s1. The highest BCUT2D eigenvalue weighted by Crippen LogP contribution is 2.65. The molecule has 3 nitrogen and oxygen atoms in total. The number of carbonyl (C=O) groups is 1. The Morgan fingerprint density at radius 3 is 2.15 bits per heavy atom. The first-order chi connectivity index (χ1) is 18.1. The summed E-state index contributed by atoms with van der Waals surface area (Å²) in [6, 6.07) is 0. The molecule has 4 aliphatic carbocycles. The zero-order valence-electron chi connectivity index (χ0n) is 27.9. The highest BCUT2D eigenvalue weighted by Gasteiger charge is 2.59. The van der Waals surface area contributed by atoms with Gasteiger partial charge in [-0.15, -0.1) is 0 Å². The molecule has 2 saturated carbocycles. The predicted octanol–water partition coefficient (Wildman–Crippen LogP) is 10.1. The second-order valence-corrected chi connectivity index (χ2v) is 27.4. The van der Waals surface area contributed by atoms with E-state index in [0.717, 1.165) is 25.0 Å². The van der Waals surface area contributed by atoms with Crippen LogP contribution >= 0.6 is 11.8 Å². The minimum atomic E-state index is -2.01. The molecule has 0 aromatic rings. The van der Waals surface area contributed by atoms with Gasteiger partial charge in [-0.2, -0.15) is 0 Å². The summed E-state index contributed by atoms with van der Waals surface area (Å²) >= 11 is 1.48. The van der Waals surface area contributed by atoms with Crippen LogP contribution in [-0.4, -0.2) is 39.7 Å². The molecule has 0 heterocycles. The third kappa shape index (κ3) is 5.63. The van der Waals surface area contributed by atoms with Crippen LogP contribution in [0.1, 0.15) is 94.4 Å². The minimum Gasteiger partial charge on any atom is -0.414 e. The molecule has 0 aliphatic heterocycles. The summed E-state index contributed by atoms with van der Waals surface area (Å²) in [6.07, 6.45) is 13.4. The second kappa shape index (κ2) is 10.6. The summed E-state index contributed by atoms with van der Waals surface area (Å²) < 4.78 is 14.6. The van der Waals surface area contributed by atoms with Crippen LogP contribution in [0, 0.1) is 22.7 Å². The number of fused-ring (bicyclic) bond motifs is 5. The molecular formula is C34H58O3SSi2. The van der Waals surface area contributed by atoms with Gasteiger partial charge in [0.25, 0.3) is 0 Å². The van der Waals surface area contributed by atoms with Gasteiger partial charge in [0.1, 0.15) is 0 Å². The summed E-state index contributed by atoms with van der Waals surface area (Å²) in [7, 11) is -3.91. The maximum Gasteiger partial charge on any atom is 0.192 e. The smallest absolute Gasteiger partial charge is 0.192 e. The average molecular weight is 603 g/mol. The van der Waals surface area contributed by atoms with Crippen molar-refractivity contribution in [1.82, 2.24) is 0 Å². The Morgan fingerprint density at radius 2 is 1.57 bits per heavy atom. The van der Waals surface area contributed by atoms with E-state index in [0.29, 0.717) is 11.8 Å². The van der Waals surface area contributed by atoms with E-state index in [1.165, 1.54) is 30.2 Å². The van der Waals surface area contributed by atoms with E-state index in [1.54, 1.807) is 18.1 Å². The van der Waals surface area contributed by atoms with Crippen molar-refractivity contribution in [2.45, 2.75) is 143 Å². The number of carbonyl (C=O) groups excluding carboxylic acids is 1. The fourth-order valence-corrected chi connectivity index (χ4v) is 11.0. The monoisotopic (exact) mass is 602 g/mol. The van der Waals surface area contributed by atoms with E-state index in [-0.39, 0.29) is 38.2 Å². The zero-order chi connectivity index (χ0) is 30.1. The van der Waals surface area contributed by atoms with Crippen molar-refractivity contribution in [3.8, 4) is 0 Å². The highest BCUT2D eigenvalue weighted by molar-refractivity contribution is 8.13. The Kier molecular flexibility index (Phi) is 8.65. The predicted molar refractivity (Wildman–Crippen MR) is 178 cm³/mol. The van der Waals surface area contributed by atoms with E-state index in [1.807, 2.05) is 0 Å². The van der Waals surface area contributed by atoms with E-state index in [9.17, 15) is 4.79 Å². The molecule has 0 spiro atoms. The summed E-state index contributed by atoms with van der Waals surface area (Å²) in [5.74, 6) is 1.91. The Labute approximate surface area is 252 Å². The van der Waals surface area contributed by atoms with Crippen LogP contribution in [-0.2, 0) is 13.6 Å². The quantitative estimate of drug-likeness (QED) is 0.224. The van der Waals surface area contributed by atoms with Crippen molar-refractivity contribution in [3.63, 3.8) is 0 Å². The third-order valence-electron chi connectivity index (χ3n) is 12.3. The number of allylic oxidation sites excluding steroid dienone is 4. The Morgan fingerprint density at radius 1 is 0.975 bits per heavy atom. The topological polar surface area (TPSA) is 35.5 Å². The van der Waals surface area contributed by atoms with Gasteiger partial charge in [0.15, 0.2) is 21.8 Å². The molecule has 6 atom stereocenters. The van der Waals surface area contributed by atoms with Crippen molar-refractivity contribution in [1.29, 1.82) is 0 Å². The average Bonchev–Trinajstić information content (AvgIpc) is 3.13. The Bertz CT molecular complexity index is 1110. The highest BCUT2D eigenvalue weighted by atomic mass is 32.2. The van der Waals surface area contributed by atoms with Crippen molar-refractivity contribution in [2.24, 2.45) is 22.7 Å². The minimum absolute atomic E-state index is 0.00507. The van der Waals surface area contributed by atoms with Crippen molar-refractivity contribution < 1.29 is 13.6 Å². The lowest BCUT2D eigenvalue weighted by Crippen LogP contribution is -2.58. The van der Waals surface area contributed by atoms with Gasteiger partial charge in [0.05, 0.1) is 12.2 Å². The molecule has 0 radical (unpaired) electrons. The lowest BCUT2D eigenvalue weighted by atomic mass is 9.50. The summed E-state index contributed by atoms with van der Waals surface area (Å²) in [5.41, 5.74) is 4.88. The van der Waals surface area contributed by atoms with Gasteiger partial charge in [-0.25, -0.2) is 0 Å². The molecule has 0 aromatic carbocycles. The van der Waals surface area contributed by atoms with Crippen molar-refractivity contribution >= 4 is 33.5 Å². The molecule has 4 aliphatic rings. The zero-order valence-corrected chi connectivity index (χ0v) is 30.7. The second-order valence-electron chi connectivity index (χ2n) is 16.8. The third-order valence-corrected chi connectivity index (χ3v) is 22.2. The van der Waals surface area contributed by atoms with Gasteiger partial charge in [0, 0.05) is 18.1 Å². The van der Waals surface area contributed by atoms with E-state index in [4.69, 9.17) is 8.85 Å². The molecule has 6 heteroatoms. The van der Waals surface area contributed by atoms with Gasteiger partial charge in [-0.1, -0.05) is 102 Å². The van der Waals surface area contributed by atoms with Crippen LogP contribution < -0.4 is 0 Å². The van der Waals surface area contributed by atoms with Crippen molar-refractivity contribution in [3.05, 3.63) is 34.9 Å². The summed E-state index contributed by atoms with van der Waals surface area (Å²) in [5, 5.41) is 0.581. The summed E-state index contributed by atoms with van der Waals surface area (Å²) in [4.78, 5) is 11.8. The van der Waals surface area contributed by atoms with Crippen LogP contribution in [0.2, 0.25) is 36.3 Å². The largest absolute Gasteiger partial charge is 0.414 e. The molecule has 0 amide bonds. The molecule has 0 aromatic heterocycles. The first kappa shape index (κ1) is 32.5. The van der Waals surface area contributed by atoms with Gasteiger partial charge >= 0.3 is 0 Å². The van der Waals surface area contributed by atoms with Gasteiger partial charge in [-0.3, -0.25) is 4.79 Å². The van der Waals surface area contributed by atoms with E-state index in [2.05, 4.69) is 99.8 Å². The molecule has 0 bridgehead atoms. The van der Waals surface area contributed by atoms with Crippen LogP contribution in [0.5, 0.6) is 0 Å². The van der Waals surface area contributed by atoms with Gasteiger partial charge in [0.2, 0.25) is 0 Å². The lowest BCUT2D eigenvalue weighted by molar-refractivity contribution is -0.109. The van der Waals surface area contributed by atoms with Crippen molar-refractivity contribution in [2.75, 3.05) is 5.75 Å². The van der Waals surface area contributed by atoms with Crippen LogP contribution in [0.15, 0.2) is 34.9 Å². The number of hydrogen-bond acceptors (Lipinski definition) is 4. The maximum absolute atomic E-state index is 11.8. The van der Waals surface area contributed by atoms with E-state index < -0.39 is 16.6 Å². The van der Waals surface area contributed by atoms with Gasteiger partial charge in [-0.05, 0) is 85.6 Å². The van der Waals surface area contributed by atoms with E-state index >= 15 is 0 Å².